The summed E-state index contributed by atoms with van der Waals surface area (Å²) in [4.78, 5) is 17.4. The van der Waals surface area contributed by atoms with E-state index in [1.165, 1.54) is 17.4 Å². The molecular weight excluding hydrogens is 318 g/mol. The van der Waals surface area contributed by atoms with Gasteiger partial charge in [0.1, 0.15) is 16.6 Å². The molecule has 2 aromatic heterocycles. The van der Waals surface area contributed by atoms with E-state index in [9.17, 15) is 4.79 Å². The van der Waals surface area contributed by atoms with E-state index in [0.29, 0.717) is 25.3 Å². The van der Waals surface area contributed by atoms with E-state index in [1.807, 2.05) is 29.0 Å². The SMILES string of the molecule is COCCCNC(=O)C(C#N)=Cc1csc(-c2cccs2)n1. The molecule has 0 aliphatic carbocycles. The number of ether oxygens (including phenoxy) is 1. The molecule has 0 unspecified atom stereocenters. The standard InChI is InChI=1S/C15H15N3O2S2/c1-20-6-3-5-17-14(19)11(9-16)8-12-10-22-15(18-12)13-4-2-7-21-13/h2,4,7-8,10H,3,5-6H2,1H3,(H,17,19). The molecule has 0 radical (unpaired) electrons. The van der Waals surface area contributed by atoms with Crippen LogP contribution in [0.1, 0.15) is 12.1 Å². The molecule has 2 rings (SSSR count). The first-order valence-corrected chi connectivity index (χ1v) is 8.39. The Balaban J connectivity index is 2.03. The van der Waals surface area contributed by atoms with Crippen molar-refractivity contribution in [3.63, 3.8) is 0 Å². The molecule has 0 spiro atoms. The third kappa shape index (κ3) is 4.49. The summed E-state index contributed by atoms with van der Waals surface area (Å²) in [6, 6.07) is 5.87. The maximum atomic E-state index is 11.9. The Kier molecular flexibility index (Phi) is 6.27. The zero-order valence-electron chi connectivity index (χ0n) is 12.0. The van der Waals surface area contributed by atoms with Crippen LogP contribution in [0.2, 0.25) is 0 Å². The molecule has 2 aromatic rings. The number of methoxy groups -OCH3 is 1. The predicted molar refractivity (Wildman–Crippen MR) is 88.5 cm³/mol. The second-order valence-electron chi connectivity index (χ2n) is 4.33. The third-order valence-corrected chi connectivity index (χ3v) is 4.62. The number of hydrogen-bond donors (Lipinski definition) is 1. The van der Waals surface area contributed by atoms with Crippen LogP contribution in [0.5, 0.6) is 0 Å². The average Bonchev–Trinajstić information content (AvgIpc) is 3.19. The van der Waals surface area contributed by atoms with Gasteiger partial charge in [-0.15, -0.1) is 22.7 Å². The first-order chi connectivity index (χ1) is 10.7. The highest BCUT2D eigenvalue weighted by atomic mass is 32.1. The Hall–Kier alpha value is -2.01. The number of thiophene rings is 1. The Morgan fingerprint density at radius 2 is 2.41 bits per heavy atom. The van der Waals surface area contributed by atoms with Crippen LogP contribution in [0.15, 0.2) is 28.5 Å². The van der Waals surface area contributed by atoms with Crippen molar-refractivity contribution in [2.75, 3.05) is 20.3 Å². The molecule has 0 fully saturated rings. The minimum absolute atomic E-state index is 0.0560. The van der Waals surface area contributed by atoms with Gasteiger partial charge in [0.05, 0.1) is 10.6 Å². The average molecular weight is 333 g/mol. The number of amides is 1. The van der Waals surface area contributed by atoms with Crippen molar-refractivity contribution < 1.29 is 9.53 Å². The van der Waals surface area contributed by atoms with Gasteiger partial charge < -0.3 is 10.1 Å². The number of carbonyl (C=O) groups is 1. The van der Waals surface area contributed by atoms with E-state index in [2.05, 4.69) is 10.3 Å². The third-order valence-electron chi connectivity index (χ3n) is 2.72. The number of nitriles is 1. The summed E-state index contributed by atoms with van der Waals surface area (Å²) in [6.45, 7) is 1.05. The molecule has 0 aliphatic heterocycles. The van der Waals surface area contributed by atoms with E-state index >= 15 is 0 Å². The number of nitrogens with zero attached hydrogens (tertiary/aromatic N) is 2. The van der Waals surface area contributed by atoms with Gasteiger partial charge in [0.2, 0.25) is 0 Å². The summed E-state index contributed by atoms with van der Waals surface area (Å²) in [7, 11) is 1.61. The fourth-order valence-electron chi connectivity index (χ4n) is 1.68. The van der Waals surface area contributed by atoms with Crippen LogP contribution >= 0.6 is 22.7 Å². The molecule has 0 atom stereocenters. The van der Waals surface area contributed by atoms with Crippen LogP contribution in [0.3, 0.4) is 0 Å². The predicted octanol–water partition coefficient (Wildman–Crippen LogP) is 2.93. The fraction of sp³-hybridized carbons (Fsp3) is 0.267. The van der Waals surface area contributed by atoms with E-state index in [4.69, 9.17) is 10.00 Å². The lowest BCUT2D eigenvalue weighted by atomic mass is 10.2. The quantitative estimate of drug-likeness (QED) is 0.480. The van der Waals surface area contributed by atoms with Crippen LogP contribution in [0.25, 0.3) is 16.0 Å². The van der Waals surface area contributed by atoms with E-state index < -0.39 is 0 Å². The highest BCUT2D eigenvalue weighted by molar-refractivity contribution is 7.20. The first kappa shape index (κ1) is 16.4. The van der Waals surface area contributed by atoms with Crippen LogP contribution < -0.4 is 5.32 Å². The summed E-state index contributed by atoms with van der Waals surface area (Å²) in [5, 5.41) is 16.5. The highest BCUT2D eigenvalue weighted by Crippen LogP contribution is 2.28. The van der Waals surface area contributed by atoms with Gasteiger partial charge in [0, 0.05) is 25.6 Å². The molecule has 1 amide bonds. The highest BCUT2D eigenvalue weighted by Gasteiger charge is 2.10. The van der Waals surface area contributed by atoms with Gasteiger partial charge in [-0.3, -0.25) is 4.79 Å². The lowest BCUT2D eigenvalue weighted by Crippen LogP contribution is -2.26. The zero-order chi connectivity index (χ0) is 15.8. The van der Waals surface area contributed by atoms with Crippen LogP contribution in [-0.4, -0.2) is 31.2 Å². The Labute approximate surface area is 136 Å². The fourth-order valence-corrected chi connectivity index (χ4v) is 3.27. The molecular formula is C15H15N3O2S2. The largest absolute Gasteiger partial charge is 0.385 e. The summed E-state index contributed by atoms with van der Waals surface area (Å²) in [5.41, 5.74) is 0.678. The molecule has 0 saturated carbocycles. The van der Waals surface area contributed by atoms with Crippen molar-refractivity contribution in [1.29, 1.82) is 5.26 Å². The zero-order valence-corrected chi connectivity index (χ0v) is 13.7. The maximum absolute atomic E-state index is 11.9. The van der Waals surface area contributed by atoms with Crippen LogP contribution in [0, 0.1) is 11.3 Å². The lowest BCUT2D eigenvalue weighted by molar-refractivity contribution is -0.117. The minimum atomic E-state index is -0.385. The summed E-state index contributed by atoms with van der Waals surface area (Å²) in [5.74, 6) is -0.385. The number of hydrogen-bond acceptors (Lipinski definition) is 6. The maximum Gasteiger partial charge on any atom is 0.262 e. The van der Waals surface area contributed by atoms with Gasteiger partial charge in [-0.25, -0.2) is 4.98 Å². The number of rotatable bonds is 7. The van der Waals surface area contributed by atoms with Gasteiger partial charge in [0.15, 0.2) is 0 Å². The molecule has 114 valence electrons. The van der Waals surface area contributed by atoms with Gasteiger partial charge >= 0.3 is 0 Å². The van der Waals surface area contributed by atoms with Gasteiger partial charge in [-0.05, 0) is 23.9 Å². The van der Waals surface area contributed by atoms with Crippen LogP contribution in [0.4, 0.5) is 0 Å². The molecule has 0 bridgehead atoms. The lowest BCUT2D eigenvalue weighted by Gasteiger charge is -2.02. The van der Waals surface area contributed by atoms with E-state index in [1.54, 1.807) is 18.4 Å². The molecule has 1 N–H and O–H groups in total. The van der Waals surface area contributed by atoms with E-state index in [0.717, 1.165) is 9.88 Å². The van der Waals surface area contributed by atoms with Crippen LogP contribution in [-0.2, 0) is 9.53 Å². The Morgan fingerprint density at radius 3 is 3.09 bits per heavy atom. The molecule has 7 heteroatoms. The van der Waals surface area contributed by atoms with Crippen molar-refractivity contribution in [2.24, 2.45) is 0 Å². The smallest absolute Gasteiger partial charge is 0.262 e. The van der Waals surface area contributed by atoms with Gasteiger partial charge in [-0.1, -0.05) is 6.07 Å². The molecule has 5 nitrogen and oxygen atoms in total. The molecule has 0 aliphatic rings. The van der Waals surface area contributed by atoms with Gasteiger partial charge in [-0.2, -0.15) is 5.26 Å². The normalized spacial score (nSPS) is 11.2. The number of carbonyl (C=O) groups excluding carboxylic acids is 1. The monoisotopic (exact) mass is 333 g/mol. The summed E-state index contributed by atoms with van der Waals surface area (Å²) < 4.78 is 4.91. The Morgan fingerprint density at radius 1 is 1.55 bits per heavy atom. The minimum Gasteiger partial charge on any atom is -0.385 e. The first-order valence-electron chi connectivity index (χ1n) is 6.63. The van der Waals surface area contributed by atoms with Gasteiger partial charge in [0.25, 0.3) is 5.91 Å². The second-order valence-corrected chi connectivity index (χ2v) is 6.13. The molecule has 0 aromatic carbocycles. The number of nitrogens with one attached hydrogen (secondary N) is 1. The van der Waals surface area contributed by atoms with Crippen molar-refractivity contribution in [2.45, 2.75) is 6.42 Å². The topological polar surface area (TPSA) is 75.0 Å². The second kappa shape index (κ2) is 8.44. The van der Waals surface area contributed by atoms with Crippen molar-refractivity contribution in [3.05, 3.63) is 34.2 Å². The number of thiazole rings is 1. The molecule has 22 heavy (non-hydrogen) atoms. The summed E-state index contributed by atoms with van der Waals surface area (Å²) in [6.07, 6.45) is 2.22. The van der Waals surface area contributed by atoms with Crippen molar-refractivity contribution in [1.82, 2.24) is 10.3 Å². The number of aromatic nitrogens is 1. The molecule has 2 heterocycles. The molecule has 0 saturated heterocycles. The summed E-state index contributed by atoms with van der Waals surface area (Å²) >= 11 is 3.10. The Bertz CT molecular complexity index is 684. The van der Waals surface area contributed by atoms with Crippen molar-refractivity contribution in [3.8, 4) is 16.0 Å². The van der Waals surface area contributed by atoms with E-state index in [-0.39, 0.29) is 11.5 Å². The van der Waals surface area contributed by atoms with Crippen molar-refractivity contribution >= 4 is 34.7 Å².